The van der Waals surface area contributed by atoms with E-state index in [0.29, 0.717) is 23.6 Å². The number of aromatic nitrogens is 1. The van der Waals surface area contributed by atoms with E-state index in [2.05, 4.69) is 10.5 Å². The molecule has 4 rings (SSSR count). The number of aryl methyl sites for hydroxylation is 1. The van der Waals surface area contributed by atoms with Crippen LogP contribution in [0.4, 0.5) is 10.1 Å². The number of halogens is 1. The second-order valence-electron chi connectivity index (χ2n) is 6.02. The van der Waals surface area contributed by atoms with Crippen LogP contribution in [-0.4, -0.2) is 11.1 Å². The van der Waals surface area contributed by atoms with Crippen LogP contribution in [0, 0.1) is 12.7 Å². The van der Waals surface area contributed by atoms with Gasteiger partial charge in [-0.05, 0) is 30.2 Å². The van der Waals surface area contributed by atoms with Gasteiger partial charge >= 0.3 is 0 Å². The lowest BCUT2D eigenvalue weighted by molar-refractivity contribution is -0.119. The lowest BCUT2D eigenvalue weighted by Gasteiger charge is -2.27. The first-order valence-electron chi connectivity index (χ1n) is 7.69. The molecule has 4 nitrogen and oxygen atoms in total. The number of nitrogens with zero attached hydrogens (tertiary/aromatic N) is 1. The average Bonchev–Trinajstić information content (AvgIpc) is 3.10. The molecule has 0 radical (unpaired) electrons. The number of nitrogens with one attached hydrogen (secondary N) is 1. The lowest BCUT2D eigenvalue weighted by Crippen LogP contribution is -2.38. The van der Waals surface area contributed by atoms with Gasteiger partial charge in [0.25, 0.3) is 0 Å². The van der Waals surface area contributed by atoms with Gasteiger partial charge in [0.05, 0.1) is 5.69 Å². The van der Waals surface area contributed by atoms with E-state index in [0.717, 1.165) is 11.1 Å². The fourth-order valence-corrected chi connectivity index (χ4v) is 3.40. The highest BCUT2D eigenvalue weighted by molar-refractivity contribution is 6.08. The van der Waals surface area contributed by atoms with Crippen LogP contribution in [0.2, 0.25) is 0 Å². The van der Waals surface area contributed by atoms with Crippen LogP contribution in [-0.2, 0) is 16.6 Å². The SMILES string of the molecule is Cc1cc(CC2(c3ccccc3)C(=O)Nc3cc(F)ccc32)no1. The second kappa shape index (κ2) is 5.30. The number of benzene rings is 2. The molecule has 1 amide bonds. The number of hydrogen-bond donors (Lipinski definition) is 1. The molecule has 1 aliphatic rings. The van der Waals surface area contributed by atoms with Crippen molar-refractivity contribution in [3.63, 3.8) is 0 Å². The van der Waals surface area contributed by atoms with Gasteiger partial charge in [-0.25, -0.2) is 4.39 Å². The summed E-state index contributed by atoms with van der Waals surface area (Å²) in [6, 6.07) is 15.7. The molecule has 0 fully saturated rings. The fraction of sp³-hybridized carbons (Fsp3) is 0.158. The highest BCUT2D eigenvalue weighted by Crippen LogP contribution is 2.45. The largest absolute Gasteiger partial charge is 0.361 e. The van der Waals surface area contributed by atoms with Gasteiger partial charge in [-0.15, -0.1) is 0 Å². The monoisotopic (exact) mass is 322 g/mol. The summed E-state index contributed by atoms with van der Waals surface area (Å²) in [5.74, 6) is 0.121. The minimum absolute atomic E-state index is 0.185. The number of fused-ring (bicyclic) bond motifs is 1. The van der Waals surface area contributed by atoms with E-state index in [9.17, 15) is 9.18 Å². The molecule has 120 valence electrons. The third-order valence-electron chi connectivity index (χ3n) is 4.47. The standard InChI is InChI=1S/C19H15FN2O2/c1-12-9-15(22-24-12)11-19(13-5-3-2-4-6-13)16-8-7-14(20)10-17(16)21-18(19)23/h2-10H,11H2,1H3,(H,21,23). The highest BCUT2D eigenvalue weighted by atomic mass is 19.1. The molecule has 0 spiro atoms. The molecule has 5 heteroatoms. The summed E-state index contributed by atoms with van der Waals surface area (Å²) in [6.07, 6.45) is 0.346. The van der Waals surface area contributed by atoms with E-state index in [1.165, 1.54) is 12.1 Å². The Morgan fingerprint density at radius 3 is 2.67 bits per heavy atom. The molecule has 1 N–H and O–H groups in total. The molecular weight excluding hydrogens is 307 g/mol. The van der Waals surface area contributed by atoms with Crippen molar-refractivity contribution >= 4 is 11.6 Å². The van der Waals surface area contributed by atoms with Crippen LogP contribution in [0.3, 0.4) is 0 Å². The summed E-state index contributed by atoms with van der Waals surface area (Å²) >= 11 is 0. The lowest BCUT2D eigenvalue weighted by atomic mass is 9.72. The molecule has 1 aromatic heterocycles. The van der Waals surface area contributed by atoms with Crippen LogP contribution in [0.25, 0.3) is 0 Å². The molecule has 0 saturated carbocycles. The topological polar surface area (TPSA) is 55.1 Å². The maximum Gasteiger partial charge on any atom is 0.239 e. The number of carbonyl (C=O) groups is 1. The zero-order chi connectivity index (χ0) is 16.7. The summed E-state index contributed by atoms with van der Waals surface area (Å²) < 4.78 is 18.8. The normalized spacial score (nSPS) is 19.2. The van der Waals surface area contributed by atoms with Gasteiger partial charge in [-0.1, -0.05) is 41.6 Å². The Hall–Kier alpha value is -2.95. The summed E-state index contributed by atoms with van der Waals surface area (Å²) in [4.78, 5) is 13.0. The first-order chi connectivity index (χ1) is 11.6. The zero-order valence-corrected chi connectivity index (χ0v) is 13.0. The van der Waals surface area contributed by atoms with Crippen LogP contribution < -0.4 is 5.32 Å². The van der Waals surface area contributed by atoms with Crippen molar-refractivity contribution in [1.82, 2.24) is 5.16 Å². The molecule has 3 aromatic rings. The van der Waals surface area contributed by atoms with Gasteiger partial charge in [0.2, 0.25) is 5.91 Å². The third-order valence-corrected chi connectivity index (χ3v) is 4.47. The van der Waals surface area contributed by atoms with Gasteiger partial charge in [0, 0.05) is 18.2 Å². The maximum atomic E-state index is 13.6. The predicted octanol–water partition coefficient (Wildman–Crippen LogP) is 3.60. The van der Waals surface area contributed by atoms with E-state index >= 15 is 0 Å². The number of hydrogen-bond acceptors (Lipinski definition) is 3. The van der Waals surface area contributed by atoms with Crippen LogP contribution >= 0.6 is 0 Å². The van der Waals surface area contributed by atoms with Gasteiger partial charge in [0.15, 0.2) is 0 Å². The summed E-state index contributed by atoms with van der Waals surface area (Å²) in [7, 11) is 0. The number of rotatable bonds is 3. The first-order valence-corrected chi connectivity index (χ1v) is 7.69. The van der Waals surface area contributed by atoms with E-state index in [1.54, 1.807) is 6.07 Å². The molecule has 2 heterocycles. The van der Waals surface area contributed by atoms with Crippen LogP contribution in [0.15, 0.2) is 59.1 Å². The van der Waals surface area contributed by atoms with Crippen molar-refractivity contribution in [2.75, 3.05) is 5.32 Å². The predicted molar refractivity (Wildman–Crippen MR) is 87.2 cm³/mol. The molecule has 0 bridgehead atoms. The van der Waals surface area contributed by atoms with Crippen molar-refractivity contribution in [2.24, 2.45) is 0 Å². The minimum atomic E-state index is -0.951. The molecular formula is C19H15FN2O2. The van der Waals surface area contributed by atoms with E-state index in [1.807, 2.05) is 43.3 Å². The molecule has 1 atom stereocenters. The minimum Gasteiger partial charge on any atom is -0.361 e. The molecule has 24 heavy (non-hydrogen) atoms. The molecule has 0 aliphatic carbocycles. The Bertz CT molecular complexity index is 920. The average molecular weight is 322 g/mol. The summed E-state index contributed by atoms with van der Waals surface area (Å²) in [5, 5.41) is 6.86. The number of carbonyl (C=O) groups excluding carboxylic acids is 1. The van der Waals surface area contributed by atoms with Crippen molar-refractivity contribution in [3.8, 4) is 0 Å². The Kier molecular flexibility index (Phi) is 3.23. The van der Waals surface area contributed by atoms with E-state index in [-0.39, 0.29) is 11.7 Å². The maximum absolute atomic E-state index is 13.6. The fourth-order valence-electron chi connectivity index (χ4n) is 3.40. The van der Waals surface area contributed by atoms with E-state index < -0.39 is 5.41 Å². The first kappa shape index (κ1) is 14.6. The van der Waals surface area contributed by atoms with E-state index in [4.69, 9.17) is 4.52 Å². The second-order valence-corrected chi connectivity index (χ2v) is 6.02. The number of amides is 1. The third kappa shape index (κ3) is 2.12. The molecule has 0 saturated heterocycles. The number of anilines is 1. The van der Waals surface area contributed by atoms with Gasteiger partial charge < -0.3 is 9.84 Å². The zero-order valence-electron chi connectivity index (χ0n) is 13.0. The van der Waals surface area contributed by atoms with Crippen molar-refractivity contribution in [3.05, 3.63) is 83.0 Å². The van der Waals surface area contributed by atoms with Gasteiger partial charge in [0.1, 0.15) is 17.0 Å². The summed E-state index contributed by atoms with van der Waals surface area (Å²) in [6.45, 7) is 1.81. The Morgan fingerprint density at radius 2 is 1.96 bits per heavy atom. The van der Waals surface area contributed by atoms with Crippen LogP contribution in [0.1, 0.15) is 22.6 Å². The van der Waals surface area contributed by atoms with Crippen molar-refractivity contribution in [1.29, 1.82) is 0 Å². The molecule has 1 unspecified atom stereocenters. The van der Waals surface area contributed by atoms with Crippen molar-refractivity contribution < 1.29 is 13.7 Å². The Balaban J connectivity index is 1.94. The molecule has 1 aliphatic heterocycles. The van der Waals surface area contributed by atoms with Gasteiger partial charge in [-0.3, -0.25) is 4.79 Å². The van der Waals surface area contributed by atoms with Crippen LogP contribution in [0.5, 0.6) is 0 Å². The summed E-state index contributed by atoms with van der Waals surface area (Å²) in [5.41, 5.74) is 1.83. The quantitative estimate of drug-likeness (QED) is 0.801. The Morgan fingerprint density at radius 1 is 1.17 bits per heavy atom. The molecule has 2 aromatic carbocycles. The smallest absolute Gasteiger partial charge is 0.239 e. The Labute approximate surface area is 138 Å². The van der Waals surface area contributed by atoms with Gasteiger partial charge in [-0.2, -0.15) is 0 Å². The van der Waals surface area contributed by atoms with Crippen molar-refractivity contribution in [2.45, 2.75) is 18.8 Å². The highest BCUT2D eigenvalue weighted by Gasteiger charge is 2.48.